The smallest absolute Gasteiger partial charge is 0.262 e. The maximum atomic E-state index is 12.8. The number of thioether (sulfide) groups is 1. The number of carbonyl (C=O) groups is 1. The van der Waals surface area contributed by atoms with Crippen LogP contribution in [0.2, 0.25) is 0 Å². The minimum atomic E-state index is -0.147. The van der Waals surface area contributed by atoms with E-state index in [4.69, 9.17) is 5.11 Å². The molecule has 0 saturated carbocycles. The summed E-state index contributed by atoms with van der Waals surface area (Å²) in [5.74, 6) is 0.0793. The van der Waals surface area contributed by atoms with Crippen molar-refractivity contribution in [2.45, 2.75) is 24.5 Å². The maximum absolute atomic E-state index is 12.8. The summed E-state index contributed by atoms with van der Waals surface area (Å²) in [5, 5.41) is 13.1. The number of aromatic nitrogens is 2. The van der Waals surface area contributed by atoms with Crippen LogP contribution in [0.25, 0.3) is 10.9 Å². The van der Waals surface area contributed by atoms with Gasteiger partial charge in [-0.15, -0.1) is 0 Å². The number of aliphatic hydroxyl groups excluding tert-OH is 1. The van der Waals surface area contributed by atoms with Gasteiger partial charge >= 0.3 is 0 Å². The first-order valence-electron chi connectivity index (χ1n) is 9.23. The van der Waals surface area contributed by atoms with E-state index in [1.165, 1.54) is 17.3 Å². The lowest BCUT2D eigenvalue weighted by Crippen LogP contribution is -2.28. The van der Waals surface area contributed by atoms with E-state index in [0.717, 1.165) is 6.42 Å². The predicted molar refractivity (Wildman–Crippen MR) is 112 cm³/mol. The molecule has 0 saturated heterocycles. The van der Waals surface area contributed by atoms with E-state index in [1.54, 1.807) is 22.8 Å². The first-order valence-corrected chi connectivity index (χ1v) is 10.2. The molecular weight excluding hydrogens is 374 g/mol. The Morgan fingerprint density at radius 1 is 1.11 bits per heavy atom. The number of nitrogens with one attached hydrogen (secondary N) is 1. The van der Waals surface area contributed by atoms with Gasteiger partial charge in [0.2, 0.25) is 5.91 Å². The molecule has 2 N–H and O–H groups in total. The second kappa shape index (κ2) is 10.1. The molecule has 0 unspecified atom stereocenters. The van der Waals surface area contributed by atoms with E-state index in [9.17, 15) is 9.59 Å². The van der Waals surface area contributed by atoms with Crippen molar-refractivity contribution in [2.24, 2.45) is 0 Å². The van der Waals surface area contributed by atoms with Gasteiger partial charge in [0.25, 0.3) is 5.56 Å². The Morgan fingerprint density at radius 2 is 1.86 bits per heavy atom. The topological polar surface area (TPSA) is 84.2 Å². The normalized spacial score (nSPS) is 10.9. The number of amides is 1. The van der Waals surface area contributed by atoms with Gasteiger partial charge in [-0.05, 0) is 30.5 Å². The molecular formula is C21H23N3O3S. The summed E-state index contributed by atoms with van der Waals surface area (Å²) in [6.45, 7) is 0.917. The Morgan fingerprint density at radius 3 is 2.64 bits per heavy atom. The fraction of sp³-hybridized carbons (Fsp3) is 0.286. The third kappa shape index (κ3) is 5.21. The van der Waals surface area contributed by atoms with E-state index in [-0.39, 0.29) is 23.8 Å². The monoisotopic (exact) mass is 397 g/mol. The second-order valence-electron chi connectivity index (χ2n) is 6.32. The predicted octanol–water partition coefficient (Wildman–Crippen LogP) is 2.23. The number of hydrogen-bond acceptors (Lipinski definition) is 5. The Bertz CT molecular complexity index is 989. The fourth-order valence-corrected chi connectivity index (χ4v) is 3.71. The van der Waals surface area contributed by atoms with Crippen LogP contribution in [0.15, 0.2) is 64.5 Å². The summed E-state index contributed by atoms with van der Waals surface area (Å²) >= 11 is 1.24. The third-order valence-electron chi connectivity index (χ3n) is 4.28. The minimum absolute atomic E-state index is 0.0106. The second-order valence-corrected chi connectivity index (χ2v) is 7.26. The van der Waals surface area contributed by atoms with Gasteiger partial charge in [0, 0.05) is 19.7 Å². The molecule has 1 amide bonds. The van der Waals surface area contributed by atoms with Crippen LogP contribution in [0.5, 0.6) is 0 Å². The Balaban J connectivity index is 1.65. The maximum Gasteiger partial charge on any atom is 0.262 e. The minimum Gasteiger partial charge on any atom is -0.396 e. The van der Waals surface area contributed by atoms with Gasteiger partial charge in [0.1, 0.15) is 0 Å². The summed E-state index contributed by atoms with van der Waals surface area (Å²) in [5.41, 5.74) is 1.63. The van der Waals surface area contributed by atoms with Crippen molar-refractivity contribution in [1.29, 1.82) is 0 Å². The van der Waals surface area contributed by atoms with E-state index in [2.05, 4.69) is 10.3 Å². The third-order valence-corrected chi connectivity index (χ3v) is 5.25. The number of nitrogens with zero attached hydrogens (tertiary/aromatic N) is 2. The van der Waals surface area contributed by atoms with Crippen molar-refractivity contribution in [2.75, 3.05) is 18.9 Å². The molecule has 0 radical (unpaired) electrons. The van der Waals surface area contributed by atoms with Crippen LogP contribution in [0.3, 0.4) is 0 Å². The van der Waals surface area contributed by atoms with Crippen LogP contribution < -0.4 is 10.9 Å². The van der Waals surface area contributed by atoms with Gasteiger partial charge in [0.05, 0.1) is 16.7 Å². The molecule has 0 bridgehead atoms. The average Bonchev–Trinajstić information content (AvgIpc) is 2.72. The number of fused-ring (bicyclic) bond motifs is 1. The highest BCUT2D eigenvalue weighted by Gasteiger charge is 2.13. The van der Waals surface area contributed by atoms with Crippen molar-refractivity contribution in [1.82, 2.24) is 14.9 Å². The number of para-hydroxylation sites is 1. The molecule has 6 nitrogen and oxygen atoms in total. The van der Waals surface area contributed by atoms with Gasteiger partial charge < -0.3 is 10.4 Å². The molecule has 0 fully saturated rings. The summed E-state index contributed by atoms with van der Waals surface area (Å²) in [4.78, 5) is 29.5. The van der Waals surface area contributed by atoms with Gasteiger partial charge in [-0.3, -0.25) is 14.2 Å². The molecule has 0 atom stereocenters. The van der Waals surface area contributed by atoms with Crippen molar-refractivity contribution in [3.63, 3.8) is 0 Å². The lowest BCUT2D eigenvalue weighted by Gasteiger charge is -2.12. The Labute approximate surface area is 167 Å². The Hall–Kier alpha value is -2.64. The van der Waals surface area contributed by atoms with Crippen molar-refractivity contribution < 1.29 is 9.90 Å². The summed E-state index contributed by atoms with van der Waals surface area (Å²) in [6.07, 6.45) is 1.23. The lowest BCUT2D eigenvalue weighted by molar-refractivity contribution is -0.118. The SMILES string of the molecule is O=C(CSc1nc2ccccc2c(=O)n1CCCO)NCCc1ccccc1. The number of hydrogen-bond donors (Lipinski definition) is 2. The highest BCUT2D eigenvalue weighted by atomic mass is 32.2. The number of rotatable bonds is 9. The summed E-state index contributed by atoms with van der Waals surface area (Å²) < 4.78 is 1.54. The molecule has 1 aromatic heterocycles. The number of carbonyl (C=O) groups excluding carboxylic acids is 1. The van der Waals surface area contributed by atoms with Crippen LogP contribution in [0, 0.1) is 0 Å². The van der Waals surface area contributed by atoms with Crippen LogP contribution in [0.1, 0.15) is 12.0 Å². The first kappa shape index (κ1) is 20.1. The van der Waals surface area contributed by atoms with Crippen molar-refractivity contribution >= 4 is 28.6 Å². The highest BCUT2D eigenvalue weighted by Crippen LogP contribution is 2.18. The van der Waals surface area contributed by atoms with Crippen LogP contribution in [-0.4, -0.2) is 39.5 Å². The van der Waals surface area contributed by atoms with E-state index < -0.39 is 0 Å². The molecule has 28 heavy (non-hydrogen) atoms. The van der Waals surface area contributed by atoms with Crippen LogP contribution >= 0.6 is 11.8 Å². The van der Waals surface area contributed by atoms with E-state index in [1.807, 2.05) is 36.4 Å². The van der Waals surface area contributed by atoms with Crippen LogP contribution in [0.4, 0.5) is 0 Å². The molecule has 7 heteroatoms. The number of aliphatic hydroxyl groups is 1. The van der Waals surface area contributed by atoms with Crippen molar-refractivity contribution in [3.8, 4) is 0 Å². The molecule has 1 heterocycles. The van der Waals surface area contributed by atoms with E-state index in [0.29, 0.717) is 35.6 Å². The molecule has 0 aliphatic heterocycles. The molecule has 3 aromatic rings. The zero-order valence-corrected chi connectivity index (χ0v) is 16.3. The summed E-state index contributed by atoms with van der Waals surface area (Å²) in [7, 11) is 0. The van der Waals surface area contributed by atoms with Gasteiger partial charge in [-0.1, -0.05) is 54.2 Å². The van der Waals surface area contributed by atoms with Gasteiger partial charge in [-0.2, -0.15) is 0 Å². The number of benzene rings is 2. The lowest BCUT2D eigenvalue weighted by atomic mass is 10.1. The zero-order valence-electron chi connectivity index (χ0n) is 15.5. The van der Waals surface area contributed by atoms with Gasteiger partial charge in [0.15, 0.2) is 5.16 Å². The quantitative estimate of drug-likeness (QED) is 0.427. The fourth-order valence-electron chi connectivity index (χ4n) is 2.86. The average molecular weight is 398 g/mol. The first-order chi connectivity index (χ1) is 13.7. The highest BCUT2D eigenvalue weighted by molar-refractivity contribution is 7.99. The molecule has 0 aliphatic carbocycles. The van der Waals surface area contributed by atoms with Crippen LogP contribution in [-0.2, 0) is 17.8 Å². The van der Waals surface area contributed by atoms with Gasteiger partial charge in [-0.25, -0.2) is 4.98 Å². The molecule has 146 valence electrons. The van der Waals surface area contributed by atoms with E-state index >= 15 is 0 Å². The Kier molecular flexibility index (Phi) is 7.22. The molecule has 2 aromatic carbocycles. The zero-order chi connectivity index (χ0) is 19.8. The molecule has 3 rings (SSSR count). The molecule has 0 spiro atoms. The summed E-state index contributed by atoms with van der Waals surface area (Å²) in [6, 6.07) is 17.1. The molecule has 0 aliphatic rings. The van der Waals surface area contributed by atoms with Crippen molar-refractivity contribution in [3.05, 3.63) is 70.5 Å². The largest absolute Gasteiger partial charge is 0.396 e. The standard InChI is InChI=1S/C21H23N3O3S/c25-14-6-13-24-20(27)17-9-4-5-10-18(17)23-21(24)28-15-19(26)22-12-11-16-7-2-1-3-8-16/h1-5,7-10,25H,6,11-15H2,(H,22,26).